The van der Waals surface area contributed by atoms with Gasteiger partial charge in [-0.25, -0.2) is 8.42 Å². The van der Waals surface area contributed by atoms with Gasteiger partial charge in [-0.3, -0.25) is 4.79 Å². The average Bonchev–Trinajstić information content (AvgIpc) is 2.73. The second-order valence-corrected chi connectivity index (χ2v) is 10.2. The van der Waals surface area contributed by atoms with Gasteiger partial charge in [-0.15, -0.1) is 0 Å². The van der Waals surface area contributed by atoms with E-state index >= 15 is 0 Å². The number of hydrogen-bond acceptors (Lipinski definition) is 3. The number of piperidine rings is 2. The largest absolute Gasteiger partial charge is 0.339 e. The molecule has 1 aliphatic carbocycles. The van der Waals surface area contributed by atoms with E-state index in [0.29, 0.717) is 42.8 Å². The van der Waals surface area contributed by atoms with Crippen LogP contribution >= 0.6 is 0 Å². The van der Waals surface area contributed by atoms with Crippen molar-refractivity contribution in [2.75, 3.05) is 19.6 Å². The molecule has 0 aromatic heterocycles. The van der Waals surface area contributed by atoms with Crippen molar-refractivity contribution in [2.45, 2.75) is 62.3 Å². The Balaban J connectivity index is 1.39. The summed E-state index contributed by atoms with van der Waals surface area (Å²) >= 11 is 0. The van der Waals surface area contributed by atoms with Gasteiger partial charge in [-0.1, -0.05) is 31.0 Å². The van der Waals surface area contributed by atoms with Gasteiger partial charge in [0.15, 0.2) is 0 Å². The van der Waals surface area contributed by atoms with Crippen molar-refractivity contribution >= 4 is 15.9 Å². The molecule has 0 unspecified atom stereocenters. The van der Waals surface area contributed by atoms with Crippen LogP contribution in [0.1, 0.15) is 51.4 Å². The molecule has 2 atom stereocenters. The molecule has 1 amide bonds. The summed E-state index contributed by atoms with van der Waals surface area (Å²) in [5.74, 6) is 0.950. The summed E-state index contributed by atoms with van der Waals surface area (Å²) in [7, 11) is -3.45. The van der Waals surface area contributed by atoms with Crippen LogP contribution in [0.5, 0.6) is 0 Å². The molecule has 3 aliphatic rings. The van der Waals surface area contributed by atoms with Crippen LogP contribution in [0.15, 0.2) is 35.2 Å². The molecular formula is C21H30N2O3S. The summed E-state index contributed by atoms with van der Waals surface area (Å²) in [5.41, 5.74) is 0. The summed E-state index contributed by atoms with van der Waals surface area (Å²) in [5, 5.41) is 0. The molecule has 2 aliphatic heterocycles. The topological polar surface area (TPSA) is 57.7 Å². The van der Waals surface area contributed by atoms with Gasteiger partial charge in [0.25, 0.3) is 0 Å². The number of carbonyl (C=O) groups excluding carboxylic acids is 1. The number of nitrogens with zero attached hydrogens (tertiary/aromatic N) is 2. The van der Waals surface area contributed by atoms with Gasteiger partial charge >= 0.3 is 0 Å². The number of likely N-dealkylation sites (tertiary alicyclic amines) is 1. The van der Waals surface area contributed by atoms with E-state index in [1.54, 1.807) is 28.6 Å². The highest BCUT2D eigenvalue weighted by Gasteiger charge is 2.39. The maximum Gasteiger partial charge on any atom is 0.243 e. The molecule has 5 nitrogen and oxygen atoms in total. The lowest BCUT2D eigenvalue weighted by molar-refractivity contribution is -0.143. The van der Waals surface area contributed by atoms with E-state index in [9.17, 15) is 13.2 Å². The molecule has 6 heteroatoms. The summed E-state index contributed by atoms with van der Waals surface area (Å²) in [6, 6.07) is 9.04. The number of hydrogen-bond donors (Lipinski definition) is 0. The van der Waals surface area contributed by atoms with Crippen LogP contribution in [-0.4, -0.2) is 49.2 Å². The first-order chi connectivity index (χ1) is 13.1. The molecule has 2 saturated heterocycles. The van der Waals surface area contributed by atoms with Crippen LogP contribution in [0.2, 0.25) is 0 Å². The Kier molecular flexibility index (Phi) is 5.55. The summed E-state index contributed by atoms with van der Waals surface area (Å²) in [4.78, 5) is 15.7. The van der Waals surface area contributed by atoms with E-state index in [-0.39, 0.29) is 11.8 Å². The average molecular weight is 391 g/mol. The highest BCUT2D eigenvalue weighted by Crippen LogP contribution is 2.37. The number of amides is 1. The number of benzene rings is 1. The molecule has 0 N–H and O–H groups in total. The SMILES string of the molecule is O=C(C1CCN(S(=O)(=O)c2ccccc2)CC1)N1CCC[C@@H]2CCCC[C@H]21. The molecular weight excluding hydrogens is 360 g/mol. The van der Waals surface area contributed by atoms with Crippen LogP contribution in [0, 0.1) is 11.8 Å². The van der Waals surface area contributed by atoms with Crippen LogP contribution < -0.4 is 0 Å². The smallest absolute Gasteiger partial charge is 0.243 e. The molecule has 0 spiro atoms. The first kappa shape index (κ1) is 18.9. The van der Waals surface area contributed by atoms with Gasteiger partial charge in [0.2, 0.25) is 15.9 Å². The zero-order chi connectivity index (χ0) is 18.9. The van der Waals surface area contributed by atoms with Crippen LogP contribution in [-0.2, 0) is 14.8 Å². The van der Waals surface area contributed by atoms with Crippen LogP contribution in [0.4, 0.5) is 0 Å². The highest BCUT2D eigenvalue weighted by atomic mass is 32.2. The zero-order valence-corrected chi connectivity index (χ0v) is 16.7. The van der Waals surface area contributed by atoms with Gasteiger partial charge in [-0.2, -0.15) is 4.31 Å². The van der Waals surface area contributed by atoms with Crippen molar-refractivity contribution in [3.63, 3.8) is 0 Å². The Bertz CT molecular complexity index is 755. The minimum atomic E-state index is -3.45. The standard InChI is InChI=1S/C21H30N2O3S/c24-21(23-14-6-8-17-7-4-5-11-20(17)23)18-12-15-22(16-13-18)27(25,26)19-9-2-1-3-10-19/h1-3,9-10,17-18,20H,4-8,11-16H2/t17-,20+/m0/s1. The van der Waals surface area contributed by atoms with E-state index in [1.807, 2.05) is 6.07 Å². The number of rotatable bonds is 3. The van der Waals surface area contributed by atoms with E-state index in [1.165, 1.54) is 25.7 Å². The minimum Gasteiger partial charge on any atom is -0.339 e. The van der Waals surface area contributed by atoms with E-state index in [4.69, 9.17) is 0 Å². The molecule has 148 valence electrons. The lowest BCUT2D eigenvalue weighted by Gasteiger charge is -2.46. The lowest BCUT2D eigenvalue weighted by Crippen LogP contribution is -2.53. The third kappa shape index (κ3) is 3.79. The molecule has 1 aromatic carbocycles. The van der Waals surface area contributed by atoms with Crippen molar-refractivity contribution in [1.82, 2.24) is 9.21 Å². The predicted octanol–water partition coefficient (Wildman–Crippen LogP) is 3.27. The minimum absolute atomic E-state index is 0.0205. The molecule has 4 rings (SSSR count). The van der Waals surface area contributed by atoms with Crippen molar-refractivity contribution < 1.29 is 13.2 Å². The molecule has 0 bridgehead atoms. The predicted molar refractivity (Wildman–Crippen MR) is 105 cm³/mol. The Morgan fingerprint density at radius 1 is 0.852 bits per heavy atom. The summed E-state index contributed by atoms with van der Waals surface area (Å²) < 4.78 is 27.1. The Morgan fingerprint density at radius 2 is 1.52 bits per heavy atom. The molecule has 0 radical (unpaired) electrons. The normalized spacial score (nSPS) is 27.9. The van der Waals surface area contributed by atoms with Crippen LogP contribution in [0.3, 0.4) is 0 Å². The third-order valence-electron chi connectivity index (χ3n) is 6.71. The van der Waals surface area contributed by atoms with E-state index in [0.717, 1.165) is 19.4 Å². The molecule has 27 heavy (non-hydrogen) atoms. The maximum atomic E-state index is 13.2. The first-order valence-electron chi connectivity index (χ1n) is 10.4. The molecule has 1 aromatic rings. The molecule has 1 saturated carbocycles. The van der Waals surface area contributed by atoms with Crippen molar-refractivity contribution in [1.29, 1.82) is 0 Å². The van der Waals surface area contributed by atoms with Gasteiger partial charge in [0, 0.05) is 31.6 Å². The maximum absolute atomic E-state index is 13.2. The van der Waals surface area contributed by atoms with Crippen molar-refractivity contribution in [3.05, 3.63) is 30.3 Å². The van der Waals surface area contributed by atoms with Crippen molar-refractivity contribution in [2.24, 2.45) is 11.8 Å². The fourth-order valence-electron chi connectivity index (χ4n) is 5.22. The summed E-state index contributed by atoms with van der Waals surface area (Å²) in [6.07, 6.45) is 8.62. The Hall–Kier alpha value is -1.40. The second-order valence-electron chi connectivity index (χ2n) is 8.28. The summed E-state index contributed by atoms with van der Waals surface area (Å²) in [6.45, 7) is 1.77. The van der Waals surface area contributed by atoms with Gasteiger partial charge < -0.3 is 4.90 Å². The van der Waals surface area contributed by atoms with Crippen molar-refractivity contribution in [3.8, 4) is 0 Å². The quantitative estimate of drug-likeness (QED) is 0.796. The fraction of sp³-hybridized carbons (Fsp3) is 0.667. The fourth-order valence-corrected chi connectivity index (χ4v) is 6.71. The highest BCUT2D eigenvalue weighted by molar-refractivity contribution is 7.89. The number of fused-ring (bicyclic) bond motifs is 1. The molecule has 2 heterocycles. The van der Waals surface area contributed by atoms with Gasteiger partial charge in [0.05, 0.1) is 4.90 Å². The Morgan fingerprint density at radius 3 is 2.26 bits per heavy atom. The zero-order valence-electron chi connectivity index (χ0n) is 15.9. The van der Waals surface area contributed by atoms with Gasteiger partial charge in [-0.05, 0) is 56.6 Å². The number of sulfonamides is 1. The Labute approximate surface area is 162 Å². The first-order valence-corrected chi connectivity index (χ1v) is 11.9. The lowest BCUT2D eigenvalue weighted by atomic mass is 9.77. The third-order valence-corrected chi connectivity index (χ3v) is 8.62. The van der Waals surface area contributed by atoms with E-state index < -0.39 is 10.0 Å². The van der Waals surface area contributed by atoms with E-state index in [2.05, 4.69) is 4.90 Å². The van der Waals surface area contributed by atoms with Crippen LogP contribution in [0.25, 0.3) is 0 Å². The number of carbonyl (C=O) groups is 1. The monoisotopic (exact) mass is 390 g/mol. The molecule has 3 fully saturated rings. The van der Waals surface area contributed by atoms with Gasteiger partial charge in [0.1, 0.15) is 0 Å². The second kappa shape index (κ2) is 7.92.